The van der Waals surface area contributed by atoms with Gasteiger partial charge in [0.25, 0.3) is 0 Å². The summed E-state index contributed by atoms with van der Waals surface area (Å²) in [6.07, 6.45) is 2.61. The van der Waals surface area contributed by atoms with E-state index in [1.54, 1.807) is 7.05 Å². The highest BCUT2D eigenvalue weighted by Crippen LogP contribution is 2.18. The van der Waals surface area contributed by atoms with Crippen LogP contribution >= 0.6 is 0 Å². The van der Waals surface area contributed by atoms with Crippen molar-refractivity contribution in [1.29, 1.82) is 0 Å². The third kappa shape index (κ3) is 1.29. The number of carbonyl (C=O) groups is 1. The van der Waals surface area contributed by atoms with Crippen molar-refractivity contribution in [3.05, 3.63) is 11.9 Å². The molecule has 1 aromatic heterocycles. The summed E-state index contributed by atoms with van der Waals surface area (Å²) >= 11 is 0. The fourth-order valence-corrected chi connectivity index (χ4v) is 1.72. The topological polar surface area (TPSA) is 64.2 Å². The molecule has 0 unspecified atom stereocenters. The van der Waals surface area contributed by atoms with Crippen molar-refractivity contribution in [1.82, 2.24) is 9.55 Å². The minimum Gasteiger partial charge on any atom is -0.320 e. The summed E-state index contributed by atoms with van der Waals surface area (Å²) in [5.41, 5.74) is 6.64. The Hall–Kier alpha value is -1.36. The number of imidazole rings is 1. The lowest BCUT2D eigenvalue weighted by molar-refractivity contribution is -0.119. The van der Waals surface area contributed by atoms with Crippen molar-refractivity contribution in [2.24, 2.45) is 5.73 Å². The number of hydrogen-bond acceptors (Lipinski definition) is 3. The third-order valence-corrected chi connectivity index (χ3v) is 2.50. The summed E-state index contributed by atoms with van der Waals surface area (Å²) < 4.78 is 1.97. The maximum Gasteiger partial charge on any atom is 0.246 e. The molecule has 0 aliphatic carbocycles. The SMILES string of the molecule is Cc1cn2c(n1)N(C)C(=O)[C@H](N)CC2. The average Bonchev–Trinajstić information content (AvgIpc) is 2.49. The van der Waals surface area contributed by atoms with Gasteiger partial charge in [-0.2, -0.15) is 0 Å². The largest absolute Gasteiger partial charge is 0.320 e. The molecule has 0 aromatic carbocycles. The van der Waals surface area contributed by atoms with E-state index in [-0.39, 0.29) is 5.91 Å². The summed E-state index contributed by atoms with van der Waals surface area (Å²) in [7, 11) is 1.71. The lowest BCUT2D eigenvalue weighted by atomic mass is 10.2. The highest BCUT2D eigenvalue weighted by atomic mass is 16.2. The number of anilines is 1. The standard InChI is InChI=1S/C9H14N4O/c1-6-5-13-4-3-7(10)8(14)12(2)9(13)11-6/h5,7H,3-4,10H2,1-2H3/t7-/m1/s1. The zero-order valence-corrected chi connectivity index (χ0v) is 8.40. The molecule has 14 heavy (non-hydrogen) atoms. The molecule has 0 bridgehead atoms. The molecule has 0 spiro atoms. The van der Waals surface area contributed by atoms with Crippen LogP contribution in [-0.2, 0) is 11.3 Å². The Kier molecular flexibility index (Phi) is 2.03. The van der Waals surface area contributed by atoms with Crippen molar-refractivity contribution in [3.63, 3.8) is 0 Å². The van der Waals surface area contributed by atoms with Crippen LogP contribution in [0.4, 0.5) is 5.95 Å². The first kappa shape index (κ1) is 9.21. The summed E-state index contributed by atoms with van der Waals surface area (Å²) in [5, 5.41) is 0. The average molecular weight is 194 g/mol. The molecule has 0 saturated heterocycles. The molecule has 1 atom stereocenters. The summed E-state index contributed by atoms with van der Waals surface area (Å²) in [6.45, 7) is 2.67. The second-order valence-electron chi connectivity index (χ2n) is 3.67. The number of aryl methyl sites for hydroxylation is 2. The molecule has 1 aliphatic heterocycles. The normalized spacial score (nSPS) is 22.1. The molecule has 2 rings (SSSR count). The molecule has 0 radical (unpaired) electrons. The number of fused-ring (bicyclic) bond motifs is 1. The fraction of sp³-hybridized carbons (Fsp3) is 0.556. The predicted octanol–water partition coefficient (Wildman–Crippen LogP) is -0.115. The van der Waals surface area contributed by atoms with Gasteiger partial charge in [-0.05, 0) is 13.3 Å². The molecule has 5 nitrogen and oxygen atoms in total. The molecule has 0 saturated carbocycles. The number of amides is 1. The van der Waals surface area contributed by atoms with Gasteiger partial charge in [-0.1, -0.05) is 0 Å². The van der Waals surface area contributed by atoms with Crippen LogP contribution in [-0.4, -0.2) is 28.5 Å². The van der Waals surface area contributed by atoms with Gasteiger partial charge in [0.05, 0.1) is 11.7 Å². The Bertz CT molecular complexity index is 371. The van der Waals surface area contributed by atoms with Gasteiger partial charge >= 0.3 is 0 Å². The first-order valence-electron chi connectivity index (χ1n) is 4.66. The van der Waals surface area contributed by atoms with Gasteiger partial charge in [-0.15, -0.1) is 0 Å². The van der Waals surface area contributed by atoms with Crippen molar-refractivity contribution < 1.29 is 4.79 Å². The summed E-state index contributed by atoms with van der Waals surface area (Å²) in [6, 6.07) is -0.401. The third-order valence-electron chi connectivity index (χ3n) is 2.50. The molecule has 0 fully saturated rings. The Morgan fingerprint density at radius 3 is 3.07 bits per heavy atom. The number of nitrogens with zero attached hydrogens (tertiary/aromatic N) is 3. The summed E-state index contributed by atoms with van der Waals surface area (Å²) in [4.78, 5) is 17.5. The monoisotopic (exact) mass is 194 g/mol. The van der Waals surface area contributed by atoms with Crippen molar-refractivity contribution in [3.8, 4) is 0 Å². The smallest absolute Gasteiger partial charge is 0.246 e. The van der Waals surface area contributed by atoms with E-state index in [4.69, 9.17) is 5.73 Å². The molecular weight excluding hydrogens is 180 g/mol. The molecule has 1 amide bonds. The minimum atomic E-state index is -0.401. The molecule has 1 aromatic rings. The fourth-order valence-electron chi connectivity index (χ4n) is 1.72. The molecular formula is C9H14N4O. The van der Waals surface area contributed by atoms with Gasteiger partial charge in [0.2, 0.25) is 11.9 Å². The molecule has 5 heteroatoms. The lowest BCUT2D eigenvalue weighted by Crippen LogP contribution is -2.40. The Morgan fingerprint density at radius 2 is 2.36 bits per heavy atom. The van der Waals surface area contributed by atoms with Gasteiger partial charge in [0.1, 0.15) is 0 Å². The van der Waals surface area contributed by atoms with Crippen LogP contribution in [0.3, 0.4) is 0 Å². The number of rotatable bonds is 0. The molecule has 2 N–H and O–H groups in total. The van der Waals surface area contributed by atoms with Crippen LogP contribution in [0.15, 0.2) is 6.20 Å². The van der Waals surface area contributed by atoms with Gasteiger partial charge < -0.3 is 10.3 Å². The maximum absolute atomic E-state index is 11.7. The van der Waals surface area contributed by atoms with E-state index < -0.39 is 6.04 Å². The van der Waals surface area contributed by atoms with Crippen LogP contribution in [0.2, 0.25) is 0 Å². The molecule has 2 heterocycles. The second kappa shape index (κ2) is 3.09. The van der Waals surface area contributed by atoms with E-state index in [0.717, 1.165) is 12.2 Å². The first-order chi connectivity index (χ1) is 6.59. The quantitative estimate of drug-likeness (QED) is 0.626. The molecule has 1 aliphatic rings. The highest BCUT2D eigenvalue weighted by molar-refractivity contribution is 5.95. The minimum absolute atomic E-state index is 0.0608. The van der Waals surface area contributed by atoms with E-state index >= 15 is 0 Å². The zero-order valence-electron chi connectivity index (χ0n) is 8.40. The number of hydrogen-bond donors (Lipinski definition) is 1. The van der Waals surface area contributed by atoms with Crippen molar-refractivity contribution >= 4 is 11.9 Å². The van der Waals surface area contributed by atoms with Crippen LogP contribution < -0.4 is 10.6 Å². The van der Waals surface area contributed by atoms with Crippen molar-refractivity contribution in [2.75, 3.05) is 11.9 Å². The second-order valence-corrected chi connectivity index (χ2v) is 3.67. The number of carbonyl (C=O) groups excluding carboxylic acids is 1. The Morgan fingerprint density at radius 1 is 1.64 bits per heavy atom. The van der Waals surface area contributed by atoms with E-state index in [1.165, 1.54) is 4.90 Å². The van der Waals surface area contributed by atoms with Crippen LogP contribution in [0.5, 0.6) is 0 Å². The van der Waals surface area contributed by atoms with Crippen molar-refractivity contribution in [2.45, 2.75) is 25.9 Å². The van der Waals surface area contributed by atoms with Gasteiger partial charge in [0.15, 0.2) is 0 Å². The number of aromatic nitrogens is 2. The van der Waals surface area contributed by atoms with E-state index in [9.17, 15) is 4.79 Å². The Balaban J connectivity index is 2.43. The van der Waals surface area contributed by atoms with E-state index in [1.807, 2.05) is 17.7 Å². The number of likely N-dealkylation sites (N-methyl/N-ethyl adjacent to an activating group) is 1. The highest BCUT2D eigenvalue weighted by Gasteiger charge is 2.26. The number of nitrogens with two attached hydrogens (primary N) is 1. The van der Waals surface area contributed by atoms with Gasteiger partial charge in [0, 0.05) is 19.8 Å². The van der Waals surface area contributed by atoms with Gasteiger partial charge in [-0.3, -0.25) is 9.69 Å². The lowest BCUT2D eigenvalue weighted by Gasteiger charge is -2.15. The molecule has 76 valence electrons. The summed E-state index contributed by atoms with van der Waals surface area (Å²) in [5.74, 6) is 0.634. The van der Waals surface area contributed by atoms with Crippen LogP contribution in [0.1, 0.15) is 12.1 Å². The Labute approximate surface area is 82.5 Å². The van der Waals surface area contributed by atoms with E-state index in [2.05, 4.69) is 4.98 Å². The zero-order chi connectivity index (χ0) is 10.3. The maximum atomic E-state index is 11.7. The first-order valence-corrected chi connectivity index (χ1v) is 4.66. The van der Waals surface area contributed by atoms with Crippen LogP contribution in [0, 0.1) is 6.92 Å². The van der Waals surface area contributed by atoms with E-state index in [0.29, 0.717) is 12.4 Å². The van der Waals surface area contributed by atoms with Crippen LogP contribution in [0.25, 0.3) is 0 Å². The predicted molar refractivity (Wildman–Crippen MR) is 53.0 cm³/mol. The van der Waals surface area contributed by atoms with Gasteiger partial charge in [-0.25, -0.2) is 4.98 Å².